The molecule has 1 fully saturated rings. The fourth-order valence-corrected chi connectivity index (χ4v) is 5.74. The van der Waals surface area contributed by atoms with Gasteiger partial charge in [0.15, 0.2) is 0 Å². The van der Waals surface area contributed by atoms with Crippen molar-refractivity contribution in [3.63, 3.8) is 0 Å². The first-order chi connectivity index (χ1) is 15.1. The smallest absolute Gasteiger partial charge is 0.240 e. The topological polar surface area (TPSA) is 87.8 Å². The molecule has 32 heavy (non-hydrogen) atoms. The Morgan fingerprint density at radius 1 is 1.22 bits per heavy atom. The predicted molar refractivity (Wildman–Crippen MR) is 134 cm³/mol. The van der Waals surface area contributed by atoms with Gasteiger partial charge in [0.05, 0.1) is 28.0 Å². The van der Waals surface area contributed by atoms with E-state index in [1.807, 2.05) is 24.0 Å². The number of nitrogens with two attached hydrogens (primary N) is 1. The highest BCUT2D eigenvalue weighted by Crippen LogP contribution is 2.33. The maximum absolute atomic E-state index is 12.4. The van der Waals surface area contributed by atoms with Gasteiger partial charge in [-0.2, -0.15) is 0 Å². The zero-order chi connectivity index (χ0) is 23.5. The summed E-state index contributed by atoms with van der Waals surface area (Å²) in [5.74, 6) is 0.360. The van der Waals surface area contributed by atoms with E-state index >= 15 is 0 Å². The molecule has 1 amide bonds. The third kappa shape index (κ3) is 4.85. The molecule has 2 unspecified atom stereocenters. The number of amides is 1. The molecule has 0 radical (unpaired) electrons. The second-order valence-electron chi connectivity index (χ2n) is 9.76. The maximum atomic E-state index is 12.4. The van der Waals surface area contributed by atoms with E-state index < -0.39 is 19.5 Å². The molecule has 3 rings (SSSR count). The largest absolute Gasteiger partial charge is 0.497 e. The molecule has 6 nitrogen and oxygen atoms in total. The molecule has 2 atom stereocenters. The number of piperidine rings is 1. The van der Waals surface area contributed by atoms with Crippen molar-refractivity contribution >= 4 is 24.9 Å². The minimum absolute atomic E-state index is 0.176. The Morgan fingerprint density at radius 3 is 2.47 bits per heavy atom. The lowest BCUT2D eigenvalue weighted by molar-refractivity contribution is -0.138. The van der Waals surface area contributed by atoms with Gasteiger partial charge in [-0.25, -0.2) is 0 Å². The zero-order valence-electron chi connectivity index (χ0n) is 19.9. The van der Waals surface area contributed by atoms with Crippen LogP contribution in [-0.4, -0.2) is 56.0 Å². The number of anilines is 1. The van der Waals surface area contributed by atoms with E-state index in [2.05, 4.69) is 55.3 Å². The molecule has 1 heterocycles. The molecule has 0 bridgehead atoms. The number of nitrogens with zero attached hydrogens (tertiary/aromatic N) is 1. The standard InChI is InChI=1S/C25H37N3O3Si/c1-18(28-15-7-6-14-25(28,17-29)24(26)30)27-23-13-12-21(32(3,4)5)16-22(23)19-8-10-20(31-2)11-9-19/h8-13,16,18,27,29H,6-7,14-15,17H2,1-5H3,(H2,26,30). The molecular formula is C25H37N3O3Si. The number of aliphatic hydroxyl groups excluding tert-OH is 1. The Hall–Kier alpha value is -2.35. The highest BCUT2D eigenvalue weighted by Gasteiger charge is 2.45. The van der Waals surface area contributed by atoms with Crippen molar-refractivity contribution in [2.75, 3.05) is 25.6 Å². The zero-order valence-corrected chi connectivity index (χ0v) is 20.9. The summed E-state index contributed by atoms with van der Waals surface area (Å²) in [4.78, 5) is 14.4. The summed E-state index contributed by atoms with van der Waals surface area (Å²) in [5, 5.41) is 15.1. The minimum Gasteiger partial charge on any atom is -0.497 e. The summed E-state index contributed by atoms with van der Waals surface area (Å²) in [5.41, 5.74) is 7.96. The van der Waals surface area contributed by atoms with E-state index in [9.17, 15) is 9.90 Å². The molecule has 7 heteroatoms. The molecule has 0 saturated carbocycles. The van der Waals surface area contributed by atoms with Crippen molar-refractivity contribution < 1.29 is 14.6 Å². The van der Waals surface area contributed by atoms with Crippen molar-refractivity contribution in [1.29, 1.82) is 0 Å². The predicted octanol–water partition coefficient (Wildman–Crippen LogP) is 3.37. The highest BCUT2D eigenvalue weighted by atomic mass is 28.3. The molecule has 2 aromatic carbocycles. The van der Waals surface area contributed by atoms with Gasteiger partial charge in [-0.05, 0) is 49.9 Å². The number of aliphatic hydroxyl groups is 1. The Labute approximate surface area is 192 Å². The second kappa shape index (κ2) is 9.64. The van der Waals surface area contributed by atoms with Crippen molar-refractivity contribution in [1.82, 2.24) is 4.90 Å². The maximum Gasteiger partial charge on any atom is 0.240 e. The van der Waals surface area contributed by atoms with E-state index in [-0.39, 0.29) is 12.8 Å². The normalized spacial score (nSPS) is 20.6. The SMILES string of the molecule is COc1ccc(-c2cc([Si](C)(C)C)ccc2NC(C)N2CCCCC2(CO)C(N)=O)cc1. The number of primary amides is 1. The average Bonchev–Trinajstić information content (AvgIpc) is 2.78. The number of ether oxygens (including phenoxy) is 1. The van der Waals surface area contributed by atoms with Gasteiger partial charge in [0.2, 0.25) is 5.91 Å². The number of nitrogens with one attached hydrogen (secondary N) is 1. The molecule has 174 valence electrons. The van der Waals surface area contributed by atoms with E-state index in [1.165, 1.54) is 5.19 Å². The van der Waals surface area contributed by atoms with Crippen molar-refractivity contribution in [2.24, 2.45) is 5.73 Å². The van der Waals surface area contributed by atoms with Crippen molar-refractivity contribution in [3.8, 4) is 16.9 Å². The Kier molecular flexibility index (Phi) is 7.32. The molecule has 0 aliphatic carbocycles. The Balaban J connectivity index is 2.00. The lowest BCUT2D eigenvalue weighted by Crippen LogP contribution is -2.65. The molecular weight excluding hydrogens is 418 g/mol. The number of hydrogen-bond acceptors (Lipinski definition) is 5. The number of carbonyl (C=O) groups excluding carboxylic acids is 1. The van der Waals surface area contributed by atoms with Crippen molar-refractivity contribution in [3.05, 3.63) is 42.5 Å². The number of hydrogen-bond donors (Lipinski definition) is 3. The fraction of sp³-hybridized carbons (Fsp3) is 0.480. The first kappa shape index (κ1) is 24.3. The third-order valence-corrected chi connectivity index (χ3v) is 8.67. The molecule has 1 saturated heterocycles. The Bertz CT molecular complexity index is 942. The quantitative estimate of drug-likeness (QED) is 0.531. The number of carbonyl (C=O) groups is 1. The number of methoxy groups -OCH3 is 1. The molecule has 0 aromatic heterocycles. The minimum atomic E-state index is -1.51. The van der Waals surface area contributed by atoms with Crippen LogP contribution in [0.3, 0.4) is 0 Å². The third-order valence-electron chi connectivity index (χ3n) is 6.63. The van der Waals surface area contributed by atoms with Crippen LogP contribution in [0.4, 0.5) is 5.69 Å². The van der Waals surface area contributed by atoms with Crippen LogP contribution in [0.5, 0.6) is 5.75 Å². The molecule has 0 spiro atoms. The van der Waals surface area contributed by atoms with Crippen LogP contribution in [0.25, 0.3) is 11.1 Å². The van der Waals surface area contributed by atoms with Gasteiger partial charge in [0.1, 0.15) is 11.3 Å². The van der Waals surface area contributed by atoms with Gasteiger partial charge >= 0.3 is 0 Å². The molecule has 2 aromatic rings. The lowest BCUT2D eigenvalue weighted by Gasteiger charge is -2.47. The van der Waals surface area contributed by atoms with E-state index in [0.29, 0.717) is 13.0 Å². The Morgan fingerprint density at radius 2 is 1.91 bits per heavy atom. The summed E-state index contributed by atoms with van der Waals surface area (Å²) >= 11 is 0. The summed E-state index contributed by atoms with van der Waals surface area (Å²) < 4.78 is 5.33. The van der Waals surface area contributed by atoms with Gasteiger partial charge < -0.3 is 20.9 Å². The average molecular weight is 456 g/mol. The first-order valence-electron chi connectivity index (χ1n) is 11.4. The van der Waals surface area contributed by atoms with Gasteiger partial charge in [-0.1, -0.05) is 49.1 Å². The van der Waals surface area contributed by atoms with Crippen LogP contribution in [0.15, 0.2) is 42.5 Å². The van der Waals surface area contributed by atoms with Crippen LogP contribution < -0.4 is 21.0 Å². The van der Waals surface area contributed by atoms with Crippen molar-refractivity contribution in [2.45, 2.75) is 57.5 Å². The second-order valence-corrected chi connectivity index (χ2v) is 14.8. The summed E-state index contributed by atoms with van der Waals surface area (Å²) in [6.45, 7) is 9.49. The molecule has 1 aliphatic rings. The van der Waals surface area contributed by atoms with E-state index in [4.69, 9.17) is 10.5 Å². The molecule has 1 aliphatic heterocycles. The number of rotatable bonds is 8. The van der Waals surface area contributed by atoms with Crippen LogP contribution in [-0.2, 0) is 4.79 Å². The summed E-state index contributed by atoms with van der Waals surface area (Å²) in [7, 11) is 0.156. The van der Waals surface area contributed by atoms with Crippen LogP contribution in [0, 0.1) is 0 Å². The van der Waals surface area contributed by atoms with Crippen LogP contribution in [0.2, 0.25) is 19.6 Å². The van der Waals surface area contributed by atoms with E-state index in [1.54, 1.807) is 7.11 Å². The highest BCUT2D eigenvalue weighted by molar-refractivity contribution is 6.88. The van der Waals surface area contributed by atoms with Gasteiger partial charge in [0.25, 0.3) is 0 Å². The summed E-state index contributed by atoms with van der Waals surface area (Å²) in [6.07, 6.45) is 2.25. The monoisotopic (exact) mass is 455 g/mol. The molecule has 4 N–H and O–H groups in total. The summed E-state index contributed by atoms with van der Waals surface area (Å²) in [6, 6.07) is 14.7. The number of likely N-dealkylation sites (tertiary alicyclic amines) is 1. The van der Waals surface area contributed by atoms with Gasteiger partial charge in [-0.3, -0.25) is 9.69 Å². The number of benzene rings is 2. The van der Waals surface area contributed by atoms with Crippen LogP contribution >= 0.6 is 0 Å². The van der Waals surface area contributed by atoms with Gasteiger partial charge in [-0.15, -0.1) is 0 Å². The lowest BCUT2D eigenvalue weighted by atomic mass is 9.86. The first-order valence-corrected chi connectivity index (χ1v) is 14.9. The van der Waals surface area contributed by atoms with Crippen LogP contribution in [0.1, 0.15) is 26.2 Å². The fourth-order valence-electron chi connectivity index (χ4n) is 4.58. The van der Waals surface area contributed by atoms with Gasteiger partial charge in [0, 0.05) is 17.8 Å². The van der Waals surface area contributed by atoms with E-state index in [0.717, 1.165) is 35.4 Å².